The first-order valence-electron chi connectivity index (χ1n) is 14.1. The lowest BCUT2D eigenvalue weighted by molar-refractivity contribution is -0.384. The molecule has 0 spiro atoms. The fourth-order valence-electron chi connectivity index (χ4n) is 6.08. The largest absolute Gasteiger partial charge is 0.520 e. The number of thiazole rings is 1. The van der Waals surface area contributed by atoms with Gasteiger partial charge in [0.05, 0.1) is 26.0 Å². The van der Waals surface area contributed by atoms with Gasteiger partial charge in [-0.05, 0) is 64.7 Å². The molecule has 1 aliphatic carbocycles. The molecule has 6 rings (SSSR count). The fraction of sp³-hybridized carbons (Fsp3) is 0.400. The molecular formula is C30H30N4O10S. The molecule has 1 aliphatic heterocycles. The highest BCUT2D eigenvalue weighted by Gasteiger charge is 2.58. The maximum atomic E-state index is 13.4. The number of fused-ring (bicyclic) bond motifs is 6. The van der Waals surface area contributed by atoms with Gasteiger partial charge in [-0.2, -0.15) is 0 Å². The summed E-state index contributed by atoms with van der Waals surface area (Å²) in [4.78, 5) is 63.3. The molecule has 0 radical (unpaired) electrons. The second-order valence-corrected chi connectivity index (χ2v) is 13.7. The van der Waals surface area contributed by atoms with Gasteiger partial charge in [0, 0.05) is 25.2 Å². The molecule has 1 saturated heterocycles. The number of anilines is 1. The third-order valence-electron chi connectivity index (χ3n) is 7.89. The molecule has 2 atom stereocenters. The molecule has 45 heavy (non-hydrogen) atoms. The molecular weight excluding hydrogens is 608 g/mol. The number of carboxylic acid groups (broad SMARTS) is 1. The minimum atomic E-state index is -1.40. The zero-order valence-corrected chi connectivity index (χ0v) is 25.8. The molecule has 2 unspecified atom stereocenters. The predicted molar refractivity (Wildman–Crippen MR) is 164 cm³/mol. The van der Waals surface area contributed by atoms with Gasteiger partial charge in [0.15, 0.2) is 5.72 Å². The molecule has 0 amide bonds. The highest BCUT2D eigenvalue weighted by Crippen LogP contribution is 2.49. The predicted octanol–water partition coefficient (Wildman–Crippen LogP) is 5.12. The molecule has 236 valence electrons. The number of para-hydroxylation sites is 1. The molecule has 1 saturated carbocycles. The third-order valence-corrected chi connectivity index (χ3v) is 9.03. The van der Waals surface area contributed by atoms with Crippen LogP contribution in [0.5, 0.6) is 0 Å². The van der Waals surface area contributed by atoms with Gasteiger partial charge in [-0.3, -0.25) is 24.6 Å². The lowest BCUT2D eigenvalue weighted by atomic mass is 10.1. The Balaban J connectivity index is 1.26. The number of carboxylic acids is 1. The minimum absolute atomic E-state index is 0.0510. The number of nitro groups is 1. The molecule has 2 N–H and O–H groups in total. The Kier molecular flexibility index (Phi) is 7.00. The molecule has 2 aromatic carbocycles. The second kappa shape index (κ2) is 10.4. The molecule has 15 heteroatoms. The van der Waals surface area contributed by atoms with E-state index in [9.17, 15) is 34.4 Å². The highest BCUT2D eigenvalue weighted by atomic mass is 32.1. The maximum Gasteiger partial charge on any atom is 0.520 e. The van der Waals surface area contributed by atoms with E-state index in [-0.39, 0.29) is 33.8 Å². The van der Waals surface area contributed by atoms with Crippen molar-refractivity contribution >= 4 is 66.9 Å². The van der Waals surface area contributed by atoms with E-state index in [1.165, 1.54) is 17.4 Å². The molecule has 4 aromatic rings. The number of nitrogens with zero attached hydrogens (tertiary/aromatic N) is 3. The summed E-state index contributed by atoms with van der Waals surface area (Å²) in [5.41, 5.74) is -2.15. The van der Waals surface area contributed by atoms with Crippen LogP contribution < -0.4 is 15.6 Å². The summed E-state index contributed by atoms with van der Waals surface area (Å²) >= 11 is 1.17. The molecule has 3 heterocycles. The number of carbonyl (C=O) groups is 3. The number of nitrogens with one attached hydrogen (secondary N) is 1. The van der Waals surface area contributed by atoms with Crippen LogP contribution in [0.1, 0.15) is 45.0 Å². The Labute approximate surface area is 259 Å². The zero-order valence-electron chi connectivity index (χ0n) is 25.0. The van der Waals surface area contributed by atoms with Crippen molar-refractivity contribution in [3.05, 3.63) is 62.3 Å². The van der Waals surface area contributed by atoms with E-state index in [1.807, 2.05) is 23.1 Å². The van der Waals surface area contributed by atoms with Crippen LogP contribution in [0.4, 0.5) is 21.0 Å². The first-order valence-corrected chi connectivity index (χ1v) is 14.9. The minimum Gasteiger partial charge on any atom is -0.477 e. The number of piperidine rings is 1. The van der Waals surface area contributed by atoms with E-state index in [4.69, 9.17) is 9.47 Å². The van der Waals surface area contributed by atoms with Gasteiger partial charge in [-0.1, -0.05) is 12.1 Å². The average molecular weight is 639 g/mol. The standard InChI is InChI=1S/C30H30N4O10S/c1-29(2,3)43-27(38)42-28(39)44-30(4,5)31-23-15-12-32(13-16(15)23)19-11-18-14(10-20(19)34(40)41)24(35)22(26(36)37)25-33(18)17-8-6-7-9-21(17)45-25/h6-11,15-16,23,31H,12-13H2,1-5H3,(H,36,37). The lowest BCUT2D eigenvalue weighted by Crippen LogP contribution is -2.47. The summed E-state index contributed by atoms with van der Waals surface area (Å²) in [5, 5.41) is 25.3. The van der Waals surface area contributed by atoms with Gasteiger partial charge in [-0.15, -0.1) is 11.3 Å². The van der Waals surface area contributed by atoms with Crippen LogP contribution in [0.15, 0.2) is 41.2 Å². The van der Waals surface area contributed by atoms with Gasteiger partial charge in [-0.25, -0.2) is 14.4 Å². The van der Waals surface area contributed by atoms with E-state index in [0.717, 1.165) is 4.70 Å². The number of hydrogen-bond acceptors (Lipinski definition) is 12. The maximum absolute atomic E-state index is 13.4. The smallest absolute Gasteiger partial charge is 0.477 e. The van der Waals surface area contributed by atoms with Crippen molar-refractivity contribution < 1.29 is 38.6 Å². The van der Waals surface area contributed by atoms with Crippen molar-refractivity contribution in [3.63, 3.8) is 0 Å². The van der Waals surface area contributed by atoms with Crippen molar-refractivity contribution in [1.82, 2.24) is 9.72 Å². The summed E-state index contributed by atoms with van der Waals surface area (Å²) in [6.45, 7) is 9.02. The van der Waals surface area contributed by atoms with Crippen LogP contribution in [0.2, 0.25) is 0 Å². The Morgan fingerprint density at radius 2 is 1.67 bits per heavy atom. The number of carbonyl (C=O) groups excluding carboxylic acids is 2. The summed E-state index contributed by atoms with van der Waals surface area (Å²) in [7, 11) is 0. The highest BCUT2D eigenvalue weighted by molar-refractivity contribution is 7.24. The van der Waals surface area contributed by atoms with Crippen molar-refractivity contribution in [2.45, 2.75) is 52.0 Å². The average Bonchev–Trinajstić information content (AvgIpc) is 3.24. The Morgan fingerprint density at radius 3 is 2.29 bits per heavy atom. The quantitative estimate of drug-likeness (QED) is 0.0937. The van der Waals surface area contributed by atoms with Crippen LogP contribution in [-0.2, 0) is 14.2 Å². The Morgan fingerprint density at radius 1 is 1.02 bits per heavy atom. The van der Waals surface area contributed by atoms with Gasteiger partial charge in [0.2, 0.25) is 5.43 Å². The van der Waals surface area contributed by atoms with Gasteiger partial charge in [0.25, 0.3) is 5.69 Å². The summed E-state index contributed by atoms with van der Waals surface area (Å²) in [6.07, 6.45) is -2.39. The molecule has 2 fully saturated rings. The second-order valence-electron chi connectivity index (χ2n) is 12.7. The third kappa shape index (κ3) is 5.53. The first kappa shape index (κ1) is 30.3. The van der Waals surface area contributed by atoms with E-state index in [1.54, 1.807) is 51.2 Å². The van der Waals surface area contributed by atoms with Gasteiger partial charge >= 0.3 is 18.3 Å². The molecule has 14 nitrogen and oxygen atoms in total. The number of pyridine rings is 1. The van der Waals surface area contributed by atoms with Crippen LogP contribution in [0.25, 0.3) is 25.9 Å². The normalized spacial score (nSPS) is 19.5. The van der Waals surface area contributed by atoms with Gasteiger partial charge in [0.1, 0.15) is 21.7 Å². The number of aromatic nitrogens is 1. The summed E-state index contributed by atoms with van der Waals surface area (Å²) in [6, 6.07) is 9.94. The summed E-state index contributed by atoms with van der Waals surface area (Å²) in [5.74, 6) is -1.26. The molecule has 2 aromatic heterocycles. The molecule has 0 bridgehead atoms. The van der Waals surface area contributed by atoms with Crippen molar-refractivity contribution in [1.29, 1.82) is 0 Å². The first-order chi connectivity index (χ1) is 21.0. The van der Waals surface area contributed by atoms with E-state index < -0.39 is 45.5 Å². The SMILES string of the molecule is CC(C)(C)OC(=O)OC(=O)OC(C)(C)NC1C2CN(c3cc4c(cc3[N+](=O)[O-])c(=O)c(C(=O)O)c3sc5ccccc5n34)CC21. The van der Waals surface area contributed by atoms with Crippen molar-refractivity contribution in [2.24, 2.45) is 11.8 Å². The number of ether oxygens (including phenoxy) is 3. The number of aromatic carboxylic acids is 1. The Bertz CT molecular complexity index is 1980. The van der Waals surface area contributed by atoms with E-state index in [2.05, 4.69) is 10.1 Å². The van der Waals surface area contributed by atoms with E-state index >= 15 is 0 Å². The van der Waals surface area contributed by atoms with Crippen LogP contribution >= 0.6 is 11.3 Å². The van der Waals surface area contributed by atoms with Crippen molar-refractivity contribution in [3.8, 4) is 0 Å². The number of nitro benzene ring substituents is 1. The Hall–Kier alpha value is -4.76. The summed E-state index contributed by atoms with van der Waals surface area (Å²) < 4.78 is 17.3. The number of benzene rings is 2. The van der Waals surface area contributed by atoms with Crippen LogP contribution in [0, 0.1) is 22.0 Å². The zero-order chi connectivity index (χ0) is 32.6. The monoisotopic (exact) mass is 638 g/mol. The van der Waals surface area contributed by atoms with Crippen LogP contribution in [-0.4, -0.2) is 63.2 Å². The fourth-order valence-corrected chi connectivity index (χ4v) is 7.27. The molecule has 2 aliphatic rings. The van der Waals surface area contributed by atoms with E-state index in [0.29, 0.717) is 29.8 Å². The number of hydrogen-bond donors (Lipinski definition) is 2. The van der Waals surface area contributed by atoms with Gasteiger partial charge < -0.3 is 24.2 Å². The van der Waals surface area contributed by atoms with Crippen molar-refractivity contribution in [2.75, 3.05) is 18.0 Å². The van der Waals surface area contributed by atoms with Crippen LogP contribution in [0.3, 0.4) is 0 Å². The topological polar surface area (TPSA) is 179 Å². The lowest BCUT2D eigenvalue weighted by Gasteiger charge is -2.29. The number of rotatable bonds is 6.